The van der Waals surface area contributed by atoms with Gasteiger partial charge in [0.2, 0.25) is 0 Å². The number of aryl methyl sites for hydroxylation is 3. The van der Waals surface area contributed by atoms with Crippen LogP contribution >= 0.6 is 0 Å². The fraction of sp³-hybridized carbons (Fsp3) is 0.400. The Kier molecular flexibility index (Phi) is 2.61. The predicted octanol–water partition coefficient (Wildman–Crippen LogP) is 3.15. The first-order chi connectivity index (χ1) is 7.86. The van der Waals surface area contributed by atoms with Crippen LogP contribution in [0.15, 0.2) is 10.9 Å². The largest absolute Gasteiger partial charge is 0.281 e. The first kappa shape index (κ1) is 11.9. The van der Waals surface area contributed by atoms with Crippen molar-refractivity contribution >= 4 is 5.52 Å². The summed E-state index contributed by atoms with van der Waals surface area (Å²) in [5.74, 6) is 0. The summed E-state index contributed by atoms with van der Waals surface area (Å²) >= 11 is 0. The van der Waals surface area contributed by atoms with Crippen molar-refractivity contribution in [2.24, 2.45) is 0 Å². The van der Waals surface area contributed by atoms with Gasteiger partial charge in [-0.25, -0.2) is 0 Å². The van der Waals surface area contributed by atoms with Gasteiger partial charge < -0.3 is 0 Å². The van der Waals surface area contributed by atoms with Crippen LogP contribution in [0.2, 0.25) is 0 Å². The fourth-order valence-electron chi connectivity index (χ4n) is 2.35. The molecule has 0 radical (unpaired) electrons. The number of nitrogens with zero attached hydrogens (tertiary/aromatic N) is 1. The van der Waals surface area contributed by atoms with Crippen LogP contribution < -0.4 is 5.56 Å². The minimum absolute atomic E-state index is 0.115. The Bertz CT molecular complexity index is 678. The zero-order valence-electron chi connectivity index (χ0n) is 11.4. The molecule has 0 aliphatic carbocycles. The van der Waals surface area contributed by atoms with Crippen molar-refractivity contribution in [3.63, 3.8) is 0 Å². The second kappa shape index (κ2) is 3.73. The Labute approximate surface area is 102 Å². The molecule has 2 aromatic heterocycles. The topological polar surface area (TPSA) is 21.5 Å². The lowest BCUT2D eigenvalue weighted by molar-refractivity contribution is 0.961. The van der Waals surface area contributed by atoms with Gasteiger partial charge >= 0.3 is 0 Å². The van der Waals surface area contributed by atoms with Crippen molar-refractivity contribution in [2.45, 2.75) is 41.5 Å². The highest BCUT2D eigenvalue weighted by molar-refractivity contribution is 5.61. The smallest absolute Gasteiger partial charge is 0.258 e. The summed E-state index contributed by atoms with van der Waals surface area (Å²) < 4.78 is 1.85. The molecule has 0 atom stereocenters. The van der Waals surface area contributed by atoms with E-state index in [0.29, 0.717) is 0 Å². The van der Waals surface area contributed by atoms with E-state index < -0.39 is 0 Å². The van der Waals surface area contributed by atoms with E-state index in [1.54, 1.807) is 0 Å². The molecule has 0 fully saturated rings. The molecule has 0 unspecified atom stereocenters. The lowest BCUT2D eigenvalue weighted by Gasteiger charge is -2.16. The maximum Gasteiger partial charge on any atom is 0.258 e. The van der Waals surface area contributed by atoms with Gasteiger partial charge in [-0.3, -0.25) is 9.20 Å². The van der Waals surface area contributed by atoms with E-state index >= 15 is 0 Å². The van der Waals surface area contributed by atoms with Gasteiger partial charge in [0.15, 0.2) is 0 Å². The molecule has 2 nitrogen and oxygen atoms in total. The Morgan fingerprint density at radius 2 is 1.41 bits per heavy atom. The van der Waals surface area contributed by atoms with Gasteiger partial charge in [-0.05, 0) is 69.9 Å². The molecular formula is C15H19NO. The number of aromatic nitrogens is 1. The predicted molar refractivity (Wildman–Crippen MR) is 72.1 cm³/mol. The Balaban J connectivity index is 3.18. The van der Waals surface area contributed by atoms with Gasteiger partial charge in [0.25, 0.3) is 5.56 Å². The van der Waals surface area contributed by atoms with E-state index in [0.717, 1.165) is 22.3 Å². The second-order valence-electron chi connectivity index (χ2n) is 4.94. The summed E-state index contributed by atoms with van der Waals surface area (Å²) in [6, 6.07) is 2.12. The maximum atomic E-state index is 12.3. The number of fused-ring (bicyclic) bond motifs is 1. The molecular weight excluding hydrogens is 210 g/mol. The number of hydrogen-bond acceptors (Lipinski definition) is 1. The highest BCUT2D eigenvalue weighted by atomic mass is 16.1. The Morgan fingerprint density at radius 1 is 0.824 bits per heavy atom. The Hall–Kier alpha value is -1.57. The third-order valence-corrected chi connectivity index (χ3v) is 4.10. The Morgan fingerprint density at radius 3 is 2.00 bits per heavy atom. The number of pyridine rings is 2. The van der Waals surface area contributed by atoms with E-state index in [4.69, 9.17) is 0 Å². The van der Waals surface area contributed by atoms with Crippen LogP contribution in [0.3, 0.4) is 0 Å². The third-order valence-electron chi connectivity index (χ3n) is 4.10. The summed E-state index contributed by atoms with van der Waals surface area (Å²) in [5, 5.41) is 0. The van der Waals surface area contributed by atoms with E-state index in [1.165, 1.54) is 16.7 Å². The highest BCUT2D eigenvalue weighted by Crippen LogP contribution is 2.21. The first-order valence-corrected chi connectivity index (χ1v) is 5.95. The molecule has 17 heavy (non-hydrogen) atoms. The molecule has 0 saturated carbocycles. The minimum Gasteiger partial charge on any atom is -0.281 e. The van der Waals surface area contributed by atoms with Crippen molar-refractivity contribution in [1.29, 1.82) is 0 Å². The van der Waals surface area contributed by atoms with E-state index in [1.807, 2.05) is 25.2 Å². The average Bonchev–Trinajstić information content (AvgIpc) is 2.30. The summed E-state index contributed by atoms with van der Waals surface area (Å²) in [7, 11) is 0. The molecule has 0 aliphatic rings. The van der Waals surface area contributed by atoms with Crippen LogP contribution in [0, 0.1) is 41.5 Å². The lowest BCUT2D eigenvalue weighted by Crippen LogP contribution is -2.22. The zero-order chi connectivity index (χ0) is 12.9. The van der Waals surface area contributed by atoms with Crippen LogP contribution in [-0.2, 0) is 0 Å². The van der Waals surface area contributed by atoms with Crippen LogP contribution in [0.5, 0.6) is 0 Å². The molecule has 2 aromatic rings. The normalized spacial score (nSPS) is 11.2. The molecule has 90 valence electrons. The number of hydrogen-bond donors (Lipinski definition) is 0. The average molecular weight is 229 g/mol. The second-order valence-corrected chi connectivity index (χ2v) is 4.94. The summed E-state index contributed by atoms with van der Waals surface area (Å²) in [6.07, 6.45) is 0. The summed E-state index contributed by atoms with van der Waals surface area (Å²) in [6.45, 7) is 12.2. The van der Waals surface area contributed by atoms with Gasteiger partial charge in [0, 0.05) is 11.3 Å². The molecule has 0 aliphatic heterocycles. The highest BCUT2D eigenvalue weighted by Gasteiger charge is 2.12. The molecule has 0 spiro atoms. The lowest BCUT2D eigenvalue weighted by atomic mass is 10.0. The third kappa shape index (κ3) is 1.51. The summed E-state index contributed by atoms with van der Waals surface area (Å²) in [4.78, 5) is 12.3. The molecule has 2 rings (SSSR count). The fourth-order valence-corrected chi connectivity index (χ4v) is 2.35. The van der Waals surface area contributed by atoms with Crippen molar-refractivity contribution in [2.75, 3.05) is 0 Å². The monoisotopic (exact) mass is 229 g/mol. The molecule has 0 bridgehead atoms. The van der Waals surface area contributed by atoms with Gasteiger partial charge in [0.05, 0.1) is 5.52 Å². The molecule has 0 amide bonds. The van der Waals surface area contributed by atoms with Crippen molar-refractivity contribution in [3.8, 4) is 0 Å². The van der Waals surface area contributed by atoms with Crippen LogP contribution in [-0.4, -0.2) is 4.40 Å². The SMILES string of the molecule is Cc1cc2c(C)c(C)c(C)c(=O)n2c(C)c1C. The van der Waals surface area contributed by atoms with Crippen molar-refractivity contribution in [3.05, 3.63) is 49.9 Å². The molecule has 0 N–H and O–H groups in total. The standard InChI is InChI=1S/C15H19NO/c1-8-7-14-11(4)10(3)12(5)15(17)16(14)13(6)9(8)2/h7H,1-6H3. The van der Waals surface area contributed by atoms with Gasteiger partial charge in [-0.2, -0.15) is 0 Å². The van der Waals surface area contributed by atoms with Crippen molar-refractivity contribution in [1.82, 2.24) is 4.40 Å². The van der Waals surface area contributed by atoms with Crippen LogP contribution in [0.4, 0.5) is 0 Å². The molecule has 0 saturated heterocycles. The van der Waals surface area contributed by atoms with E-state index in [2.05, 4.69) is 26.8 Å². The minimum atomic E-state index is 0.115. The summed E-state index contributed by atoms with van der Waals surface area (Å²) in [5.41, 5.74) is 7.81. The number of rotatable bonds is 0. The first-order valence-electron chi connectivity index (χ1n) is 5.95. The van der Waals surface area contributed by atoms with E-state index in [9.17, 15) is 4.79 Å². The molecule has 0 aromatic carbocycles. The van der Waals surface area contributed by atoms with E-state index in [-0.39, 0.29) is 5.56 Å². The van der Waals surface area contributed by atoms with Crippen LogP contribution in [0.1, 0.15) is 33.5 Å². The zero-order valence-corrected chi connectivity index (χ0v) is 11.4. The van der Waals surface area contributed by atoms with Gasteiger partial charge in [0.1, 0.15) is 0 Å². The quantitative estimate of drug-likeness (QED) is 0.680. The molecule has 2 heteroatoms. The van der Waals surface area contributed by atoms with Crippen molar-refractivity contribution < 1.29 is 0 Å². The van der Waals surface area contributed by atoms with Crippen LogP contribution in [0.25, 0.3) is 5.52 Å². The van der Waals surface area contributed by atoms with Gasteiger partial charge in [-0.1, -0.05) is 0 Å². The maximum absolute atomic E-state index is 12.3. The van der Waals surface area contributed by atoms with Gasteiger partial charge in [-0.15, -0.1) is 0 Å². The molecule has 2 heterocycles.